The molecule has 0 aromatic carbocycles. The molecule has 0 spiro atoms. The standard InChI is InChI=1S/C13H21N3O2/c1-4-11(12(14)17)16-8-10-6-5-7-15-13(10)18-9(2)3/h5-7,9,11,16H,4,8H2,1-3H3,(H2,14,17). The number of primary amides is 1. The molecule has 1 atom stereocenters. The zero-order chi connectivity index (χ0) is 13.5. The molecule has 100 valence electrons. The van der Waals surface area contributed by atoms with Crippen LogP contribution in [0.3, 0.4) is 0 Å². The highest BCUT2D eigenvalue weighted by Gasteiger charge is 2.13. The molecule has 1 amide bonds. The van der Waals surface area contributed by atoms with Crippen LogP contribution in [-0.2, 0) is 11.3 Å². The predicted molar refractivity (Wildman–Crippen MR) is 70.1 cm³/mol. The third-order valence-corrected chi connectivity index (χ3v) is 2.49. The normalized spacial score (nSPS) is 12.4. The minimum absolute atomic E-state index is 0.0664. The zero-order valence-electron chi connectivity index (χ0n) is 11.1. The van der Waals surface area contributed by atoms with Gasteiger partial charge in [0, 0.05) is 18.3 Å². The van der Waals surface area contributed by atoms with Gasteiger partial charge in [0.15, 0.2) is 0 Å². The molecule has 0 aliphatic heterocycles. The average molecular weight is 251 g/mol. The summed E-state index contributed by atoms with van der Waals surface area (Å²) in [5, 5.41) is 3.10. The SMILES string of the molecule is CCC(NCc1cccnc1OC(C)C)C(N)=O. The Morgan fingerprint density at radius 2 is 2.28 bits per heavy atom. The summed E-state index contributed by atoms with van der Waals surface area (Å²) < 4.78 is 5.60. The second kappa shape index (κ2) is 6.96. The van der Waals surface area contributed by atoms with Gasteiger partial charge in [-0.1, -0.05) is 13.0 Å². The first-order valence-electron chi connectivity index (χ1n) is 6.17. The second-order valence-electron chi connectivity index (χ2n) is 4.38. The lowest BCUT2D eigenvalue weighted by Crippen LogP contribution is -2.40. The Labute approximate surface area is 108 Å². The molecular weight excluding hydrogens is 230 g/mol. The number of carbonyl (C=O) groups excluding carboxylic acids is 1. The lowest BCUT2D eigenvalue weighted by atomic mass is 10.2. The molecule has 0 fully saturated rings. The van der Waals surface area contributed by atoms with E-state index in [-0.39, 0.29) is 18.1 Å². The van der Waals surface area contributed by atoms with Crippen LogP contribution in [0.5, 0.6) is 5.88 Å². The van der Waals surface area contributed by atoms with Crippen LogP contribution in [-0.4, -0.2) is 23.0 Å². The molecule has 1 unspecified atom stereocenters. The van der Waals surface area contributed by atoms with Gasteiger partial charge < -0.3 is 15.8 Å². The quantitative estimate of drug-likeness (QED) is 0.764. The maximum Gasteiger partial charge on any atom is 0.234 e. The van der Waals surface area contributed by atoms with E-state index in [1.54, 1.807) is 6.20 Å². The van der Waals surface area contributed by atoms with Gasteiger partial charge in [0.1, 0.15) is 0 Å². The van der Waals surface area contributed by atoms with Gasteiger partial charge in [-0.15, -0.1) is 0 Å². The van der Waals surface area contributed by atoms with E-state index in [0.717, 1.165) is 5.56 Å². The van der Waals surface area contributed by atoms with Crippen LogP contribution < -0.4 is 15.8 Å². The molecule has 18 heavy (non-hydrogen) atoms. The van der Waals surface area contributed by atoms with Gasteiger partial charge in [-0.3, -0.25) is 4.79 Å². The van der Waals surface area contributed by atoms with Gasteiger partial charge in [-0.25, -0.2) is 4.98 Å². The summed E-state index contributed by atoms with van der Waals surface area (Å²) in [7, 11) is 0. The van der Waals surface area contributed by atoms with Crippen molar-refractivity contribution in [1.29, 1.82) is 0 Å². The molecule has 1 aromatic rings. The Bertz CT molecular complexity index is 394. The number of hydrogen-bond donors (Lipinski definition) is 2. The maximum absolute atomic E-state index is 11.1. The Hall–Kier alpha value is -1.62. The second-order valence-corrected chi connectivity index (χ2v) is 4.38. The number of pyridine rings is 1. The molecule has 5 heteroatoms. The molecule has 0 aliphatic carbocycles. The van der Waals surface area contributed by atoms with E-state index in [0.29, 0.717) is 18.8 Å². The van der Waals surface area contributed by atoms with E-state index in [1.807, 2.05) is 32.9 Å². The van der Waals surface area contributed by atoms with Crippen molar-refractivity contribution in [3.63, 3.8) is 0 Å². The minimum atomic E-state index is -0.340. The van der Waals surface area contributed by atoms with Crippen LogP contribution in [0.15, 0.2) is 18.3 Å². The van der Waals surface area contributed by atoms with Crippen molar-refractivity contribution in [2.24, 2.45) is 5.73 Å². The summed E-state index contributed by atoms with van der Waals surface area (Å²) in [6.45, 7) is 6.32. The Morgan fingerprint density at radius 3 is 2.83 bits per heavy atom. The van der Waals surface area contributed by atoms with Crippen LogP contribution in [0, 0.1) is 0 Å². The smallest absolute Gasteiger partial charge is 0.234 e. The third kappa shape index (κ3) is 4.33. The van der Waals surface area contributed by atoms with E-state index >= 15 is 0 Å². The zero-order valence-corrected chi connectivity index (χ0v) is 11.1. The third-order valence-electron chi connectivity index (χ3n) is 2.49. The van der Waals surface area contributed by atoms with Gasteiger partial charge in [0.25, 0.3) is 0 Å². The fourth-order valence-electron chi connectivity index (χ4n) is 1.57. The molecule has 1 rings (SSSR count). The molecule has 0 saturated heterocycles. The average Bonchev–Trinajstić information content (AvgIpc) is 2.30. The summed E-state index contributed by atoms with van der Waals surface area (Å²) >= 11 is 0. The van der Waals surface area contributed by atoms with Gasteiger partial charge in [0.05, 0.1) is 12.1 Å². The number of carbonyl (C=O) groups is 1. The Kier molecular flexibility index (Phi) is 5.58. The highest BCUT2D eigenvalue weighted by atomic mass is 16.5. The summed E-state index contributed by atoms with van der Waals surface area (Å²) in [4.78, 5) is 15.3. The van der Waals surface area contributed by atoms with E-state index in [2.05, 4.69) is 10.3 Å². The van der Waals surface area contributed by atoms with Gasteiger partial charge in [0.2, 0.25) is 11.8 Å². The minimum Gasteiger partial charge on any atom is -0.475 e. The Balaban J connectivity index is 2.69. The first-order chi connectivity index (χ1) is 8.54. The number of hydrogen-bond acceptors (Lipinski definition) is 4. The number of amides is 1. The molecule has 0 radical (unpaired) electrons. The van der Waals surface area contributed by atoms with Crippen molar-refractivity contribution in [2.75, 3.05) is 0 Å². The Morgan fingerprint density at radius 1 is 1.56 bits per heavy atom. The first-order valence-corrected chi connectivity index (χ1v) is 6.17. The molecule has 5 nitrogen and oxygen atoms in total. The number of nitrogens with two attached hydrogens (primary N) is 1. The topological polar surface area (TPSA) is 77.2 Å². The largest absolute Gasteiger partial charge is 0.475 e. The van der Waals surface area contributed by atoms with Crippen LogP contribution in [0.4, 0.5) is 0 Å². The molecule has 3 N–H and O–H groups in total. The number of aromatic nitrogens is 1. The summed E-state index contributed by atoms with van der Waals surface area (Å²) in [6.07, 6.45) is 2.42. The molecule has 0 saturated carbocycles. The van der Waals surface area contributed by atoms with Gasteiger partial charge >= 0.3 is 0 Å². The fourth-order valence-corrected chi connectivity index (χ4v) is 1.57. The molecule has 1 aromatic heterocycles. The van der Waals surface area contributed by atoms with Crippen LogP contribution in [0.2, 0.25) is 0 Å². The number of nitrogens with one attached hydrogen (secondary N) is 1. The maximum atomic E-state index is 11.1. The van der Waals surface area contributed by atoms with E-state index in [9.17, 15) is 4.79 Å². The lowest BCUT2D eigenvalue weighted by Gasteiger charge is -2.16. The van der Waals surface area contributed by atoms with E-state index in [4.69, 9.17) is 10.5 Å². The van der Waals surface area contributed by atoms with Crippen molar-refractivity contribution < 1.29 is 9.53 Å². The molecule has 1 heterocycles. The predicted octanol–water partition coefficient (Wildman–Crippen LogP) is 1.22. The van der Waals surface area contributed by atoms with Gasteiger partial charge in [-0.2, -0.15) is 0 Å². The van der Waals surface area contributed by atoms with Crippen LogP contribution in [0.25, 0.3) is 0 Å². The lowest BCUT2D eigenvalue weighted by molar-refractivity contribution is -0.120. The molecule has 0 aliphatic rings. The van der Waals surface area contributed by atoms with Crippen molar-refractivity contribution in [1.82, 2.24) is 10.3 Å². The van der Waals surface area contributed by atoms with E-state index in [1.165, 1.54) is 0 Å². The summed E-state index contributed by atoms with van der Waals surface area (Å²) in [5.74, 6) is 0.257. The number of nitrogens with zero attached hydrogens (tertiary/aromatic N) is 1. The highest BCUT2D eigenvalue weighted by molar-refractivity contribution is 5.79. The monoisotopic (exact) mass is 251 g/mol. The van der Waals surface area contributed by atoms with Gasteiger partial charge in [-0.05, 0) is 26.3 Å². The molecule has 0 bridgehead atoms. The van der Waals surface area contributed by atoms with Crippen molar-refractivity contribution in [3.8, 4) is 5.88 Å². The van der Waals surface area contributed by atoms with Crippen LogP contribution in [0.1, 0.15) is 32.8 Å². The number of ether oxygens (including phenoxy) is 1. The first kappa shape index (κ1) is 14.4. The molecular formula is C13H21N3O2. The van der Waals surface area contributed by atoms with Crippen molar-refractivity contribution in [3.05, 3.63) is 23.9 Å². The van der Waals surface area contributed by atoms with Crippen molar-refractivity contribution >= 4 is 5.91 Å². The van der Waals surface area contributed by atoms with Crippen molar-refractivity contribution in [2.45, 2.75) is 45.9 Å². The summed E-state index contributed by atoms with van der Waals surface area (Å²) in [6, 6.07) is 3.44. The van der Waals surface area contributed by atoms with E-state index < -0.39 is 0 Å². The highest BCUT2D eigenvalue weighted by Crippen LogP contribution is 2.15. The summed E-state index contributed by atoms with van der Waals surface area (Å²) in [5.41, 5.74) is 6.20. The number of rotatable bonds is 7. The fraction of sp³-hybridized carbons (Fsp3) is 0.538. The van der Waals surface area contributed by atoms with Crippen LogP contribution >= 0.6 is 0 Å².